The zero-order valence-electron chi connectivity index (χ0n) is 9.49. The first-order chi connectivity index (χ1) is 8.64. The SMILES string of the molecule is NCC1(c2nc(-c3ccc(F)c(Br)c3)no2)CC1. The van der Waals surface area contributed by atoms with E-state index >= 15 is 0 Å². The van der Waals surface area contributed by atoms with Crippen LogP contribution in [0.15, 0.2) is 27.2 Å². The van der Waals surface area contributed by atoms with Crippen LogP contribution in [0.25, 0.3) is 11.4 Å². The number of aromatic nitrogens is 2. The van der Waals surface area contributed by atoms with Gasteiger partial charge in [0.2, 0.25) is 11.7 Å². The molecule has 0 unspecified atom stereocenters. The van der Waals surface area contributed by atoms with Gasteiger partial charge in [-0.2, -0.15) is 4.98 Å². The number of hydrogen-bond donors (Lipinski definition) is 1. The van der Waals surface area contributed by atoms with Gasteiger partial charge in [-0.15, -0.1) is 0 Å². The zero-order chi connectivity index (χ0) is 12.8. The third-order valence-electron chi connectivity index (χ3n) is 3.30. The van der Waals surface area contributed by atoms with Crippen molar-refractivity contribution in [2.24, 2.45) is 5.73 Å². The Morgan fingerprint density at radius 3 is 2.83 bits per heavy atom. The van der Waals surface area contributed by atoms with Crippen molar-refractivity contribution in [3.8, 4) is 11.4 Å². The van der Waals surface area contributed by atoms with Crippen molar-refractivity contribution in [3.05, 3.63) is 34.4 Å². The fourth-order valence-corrected chi connectivity index (χ4v) is 2.23. The predicted octanol–water partition coefficient (Wildman–Crippen LogP) is 2.63. The van der Waals surface area contributed by atoms with E-state index in [1.165, 1.54) is 6.07 Å². The highest BCUT2D eigenvalue weighted by Crippen LogP contribution is 2.46. The largest absolute Gasteiger partial charge is 0.338 e. The molecule has 0 saturated heterocycles. The molecule has 1 heterocycles. The lowest BCUT2D eigenvalue weighted by Gasteiger charge is -2.03. The second-order valence-electron chi connectivity index (χ2n) is 4.54. The van der Waals surface area contributed by atoms with E-state index in [1.807, 2.05) is 0 Å². The van der Waals surface area contributed by atoms with Gasteiger partial charge < -0.3 is 10.3 Å². The molecule has 1 fully saturated rings. The third-order valence-corrected chi connectivity index (χ3v) is 3.91. The maximum Gasteiger partial charge on any atom is 0.234 e. The Balaban J connectivity index is 1.95. The molecule has 3 rings (SSSR count). The van der Waals surface area contributed by atoms with E-state index in [-0.39, 0.29) is 11.2 Å². The van der Waals surface area contributed by atoms with Crippen molar-refractivity contribution >= 4 is 15.9 Å². The van der Waals surface area contributed by atoms with E-state index in [0.29, 0.717) is 28.3 Å². The molecule has 0 bridgehead atoms. The van der Waals surface area contributed by atoms with E-state index in [9.17, 15) is 4.39 Å². The fourth-order valence-electron chi connectivity index (χ4n) is 1.85. The molecule has 0 spiro atoms. The standard InChI is InChI=1S/C12H11BrFN3O/c13-8-5-7(1-2-9(8)14)10-16-11(18-17-10)12(6-15)3-4-12/h1-2,5H,3-4,6,15H2. The Morgan fingerprint density at radius 1 is 1.44 bits per heavy atom. The highest BCUT2D eigenvalue weighted by molar-refractivity contribution is 9.10. The molecule has 1 aliphatic carbocycles. The zero-order valence-corrected chi connectivity index (χ0v) is 11.1. The van der Waals surface area contributed by atoms with Gasteiger partial charge in [0, 0.05) is 12.1 Å². The van der Waals surface area contributed by atoms with Crippen LogP contribution in [0.2, 0.25) is 0 Å². The monoisotopic (exact) mass is 311 g/mol. The lowest BCUT2D eigenvalue weighted by molar-refractivity contribution is 0.347. The minimum Gasteiger partial charge on any atom is -0.338 e. The van der Waals surface area contributed by atoms with E-state index < -0.39 is 0 Å². The van der Waals surface area contributed by atoms with Crippen molar-refractivity contribution in [2.45, 2.75) is 18.3 Å². The minimum atomic E-state index is -0.317. The molecule has 0 amide bonds. The first kappa shape index (κ1) is 11.8. The topological polar surface area (TPSA) is 64.9 Å². The Labute approximate surface area is 112 Å². The quantitative estimate of drug-likeness (QED) is 0.946. The van der Waals surface area contributed by atoms with Crippen LogP contribution in [0.3, 0.4) is 0 Å². The van der Waals surface area contributed by atoms with Crippen LogP contribution in [0.5, 0.6) is 0 Å². The van der Waals surface area contributed by atoms with Crippen LogP contribution in [0.1, 0.15) is 18.7 Å². The van der Waals surface area contributed by atoms with Gasteiger partial charge in [0.15, 0.2) is 0 Å². The number of rotatable bonds is 3. The summed E-state index contributed by atoms with van der Waals surface area (Å²) in [6.07, 6.45) is 1.97. The van der Waals surface area contributed by atoms with Gasteiger partial charge in [-0.25, -0.2) is 4.39 Å². The van der Waals surface area contributed by atoms with Crippen LogP contribution >= 0.6 is 15.9 Å². The van der Waals surface area contributed by atoms with Crippen molar-refractivity contribution in [1.29, 1.82) is 0 Å². The number of halogens is 2. The Bertz CT molecular complexity index is 595. The normalized spacial score (nSPS) is 16.8. The number of hydrogen-bond acceptors (Lipinski definition) is 4. The summed E-state index contributed by atoms with van der Waals surface area (Å²) >= 11 is 3.13. The van der Waals surface area contributed by atoms with Gasteiger partial charge in [-0.1, -0.05) is 5.16 Å². The van der Waals surface area contributed by atoms with Gasteiger partial charge in [-0.05, 0) is 47.0 Å². The lowest BCUT2D eigenvalue weighted by Crippen LogP contribution is -2.19. The summed E-state index contributed by atoms with van der Waals surface area (Å²) in [6.45, 7) is 0.516. The summed E-state index contributed by atoms with van der Waals surface area (Å²) in [5.74, 6) is 0.731. The van der Waals surface area contributed by atoms with Crippen molar-refractivity contribution in [2.75, 3.05) is 6.54 Å². The highest BCUT2D eigenvalue weighted by atomic mass is 79.9. The van der Waals surface area contributed by atoms with Gasteiger partial charge in [0.25, 0.3) is 0 Å². The average Bonchev–Trinajstić information content (AvgIpc) is 3.02. The smallest absolute Gasteiger partial charge is 0.234 e. The molecule has 4 nitrogen and oxygen atoms in total. The maximum atomic E-state index is 13.1. The van der Waals surface area contributed by atoms with Crippen molar-refractivity contribution < 1.29 is 8.91 Å². The Morgan fingerprint density at radius 2 is 2.22 bits per heavy atom. The Kier molecular flexibility index (Phi) is 2.71. The molecule has 94 valence electrons. The molecule has 2 aromatic rings. The summed E-state index contributed by atoms with van der Waals surface area (Å²) in [4.78, 5) is 4.36. The Hall–Kier alpha value is -1.27. The molecule has 0 atom stereocenters. The minimum absolute atomic E-state index is 0.123. The maximum absolute atomic E-state index is 13.1. The summed E-state index contributed by atoms with van der Waals surface area (Å²) in [7, 11) is 0. The van der Waals surface area contributed by atoms with E-state index in [1.54, 1.807) is 12.1 Å². The molecule has 1 aromatic heterocycles. The van der Waals surface area contributed by atoms with E-state index in [4.69, 9.17) is 10.3 Å². The van der Waals surface area contributed by atoms with Crippen molar-refractivity contribution in [3.63, 3.8) is 0 Å². The molecule has 0 aliphatic heterocycles. The lowest BCUT2D eigenvalue weighted by atomic mass is 10.1. The van der Waals surface area contributed by atoms with Crippen LogP contribution < -0.4 is 5.73 Å². The second-order valence-corrected chi connectivity index (χ2v) is 5.39. The summed E-state index contributed by atoms with van der Waals surface area (Å²) in [5, 5.41) is 3.93. The van der Waals surface area contributed by atoms with E-state index in [0.717, 1.165) is 12.8 Å². The highest BCUT2D eigenvalue weighted by Gasteiger charge is 2.48. The molecular weight excluding hydrogens is 301 g/mol. The van der Waals surface area contributed by atoms with Crippen LogP contribution in [-0.2, 0) is 5.41 Å². The van der Waals surface area contributed by atoms with Crippen molar-refractivity contribution in [1.82, 2.24) is 10.1 Å². The first-order valence-electron chi connectivity index (χ1n) is 5.64. The van der Waals surface area contributed by atoms with Crippen LogP contribution in [0, 0.1) is 5.82 Å². The first-order valence-corrected chi connectivity index (χ1v) is 6.44. The van der Waals surface area contributed by atoms with E-state index in [2.05, 4.69) is 26.1 Å². The molecular formula is C12H11BrFN3O. The second kappa shape index (κ2) is 4.13. The summed E-state index contributed by atoms with van der Waals surface area (Å²) in [6, 6.07) is 4.62. The molecule has 1 aromatic carbocycles. The number of nitrogens with two attached hydrogens (primary N) is 1. The molecule has 1 saturated carbocycles. The predicted molar refractivity (Wildman–Crippen MR) is 67.4 cm³/mol. The van der Waals surface area contributed by atoms with Crippen LogP contribution in [-0.4, -0.2) is 16.7 Å². The number of nitrogens with zero attached hydrogens (tertiary/aromatic N) is 2. The summed E-state index contributed by atoms with van der Waals surface area (Å²) in [5.41, 5.74) is 6.30. The van der Waals surface area contributed by atoms with Gasteiger partial charge in [-0.3, -0.25) is 0 Å². The summed E-state index contributed by atoms with van der Waals surface area (Å²) < 4.78 is 18.8. The third kappa shape index (κ3) is 1.85. The van der Waals surface area contributed by atoms with Gasteiger partial charge in [0.05, 0.1) is 9.89 Å². The molecule has 18 heavy (non-hydrogen) atoms. The molecule has 1 aliphatic rings. The van der Waals surface area contributed by atoms with Gasteiger partial charge >= 0.3 is 0 Å². The fraction of sp³-hybridized carbons (Fsp3) is 0.333. The molecule has 0 radical (unpaired) electrons. The molecule has 2 N–H and O–H groups in total. The van der Waals surface area contributed by atoms with Crippen LogP contribution in [0.4, 0.5) is 4.39 Å². The average molecular weight is 312 g/mol. The van der Waals surface area contributed by atoms with Gasteiger partial charge in [0.1, 0.15) is 5.82 Å². The number of benzene rings is 1. The molecule has 6 heteroatoms.